The topological polar surface area (TPSA) is 28.4 Å². The van der Waals surface area contributed by atoms with Gasteiger partial charge in [-0.3, -0.25) is 4.90 Å². The van der Waals surface area contributed by atoms with Gasteiger partial charge < -0.3 is 9.73 Å². The van der Waals surface area contributed by atoms with Crippen molar-refractivity contribution in [2.75, 3.05) is 19.6 Å². The molecule has 114 valence electrons. The Bertz CT molecular complexity index is 411. The van der Waals surface area contributed by atoms with Crippen LogP contribution in [0.2, 0.25) is 0 Å². The van der Waals surface area contributed by atoms with Crippen LogP contribution in [0.1, 0.15) is 50.7 Å². The third-order valence-electron chi connectivity index (χ3n) is 4.44. The predicted octanol–water partition coefficient (Wildman–Crippen LogP) is 3.57. The summed E-state index contributed by atoms with van der Waals surface area (Å²) in [6, 6.07) is 2.24. The van der Waals surface area contributed by atoms with Gasteiger partial charge in [-0.15, -0.1) is 0 Å². The van der Waals surface area contributed by atoms with E-state index < -0.39 is 0 Å². The van der Waals surface area contributed by atoms with Crippen molar-refractivity contribution in [3.63, 3.8) is 0 Å². The lowest BCUT2D eigenvalue weighted by Gasteiger charge is -2.17. The summed E-state index contributed by atoms with van der Waals surface area (Å²) in [6.07, 6.45) is 2.51. The molecule has 1 unspecified atom stereocenters. The summed E-state index contributed by atoms with van der Waals surface area (Å²) < 4.78 is 5.86. The lowest BCUT2D eigenvalue weighted by Crippen LogP contribution is -2.21. The molecular weight excluding hydrogens is 248 g/mol. The molecule has 1 N–H and O–H groups in total. The van der Waals surface area contributed by atoms with Gasteiger partial charge >= 0.3 is 0 Å². The Labute approximate surface area is 123 Å². The minimum absolute atomic E-state index is 0.805. The van der Waals surface area contributed by atoms with Crippen molar-refractivity contribution in [3.05, 3.63) is 23.2 Å². The monoisotopic (exact) mass is 278 g/mol. The summed E-state index contributed by atoms with van der Waals surface area (Å²) in [5, 5.41) is 3.40. The van der Waals surface area contributed by atoms with E-state index in [-0.39, 0.29) is 0 Å². The normalized spacial score (nSPS) is 20.1. The van der Waals surface area contributed by atoms with Gasteiger partial charge in [0.15, 0.2) is 0 Å². The van der Waals surface area contributed by atoms with Gasteiger partial charge in [0.05, 0.1) is 6.54 Å². The number of hydrogen-bond donors (Lipinski definition) is 1. The molecule has 1 atom stereocenters. The molecule has 0 spiro atoms. The Morgan fingerprint density at radius 1 is 1.45 bits per heavy atom. The number of nitrogens with zero attached hydrogens (tertiary/aromatic N) is 1. The van der Waals surface area contributed by atoms with Gasteiger partial charge in [-0.25, -0.2) is 0 Å². The van der Waals surface area contributed by atoms with E-state index in [2.05, 4.69) is 44.0 Å². The Hall–Kier alpha value is -0.800. The van der Waals surface area contributed by atoms with Crippen LogP contribution in [-0.2, 0) is 13.1 Å². The fraction of sp³-hybridized carbons (Fsp3) is 0.765. The molecule has 0 aromatic carbocycles. The Kier molecular flexibility index (Phi) is 5.67. The standard InChI is InChI=1S/C17H30N2O/c1-5-7-18-10-17-9-16(14(4)20-17)12-19-8-6-15(11-19)13(2)3/h9,13,15,18H,5-8,10-12H2,1-4H3. The molecular formula is C17H30N2O. The van der Waals surface area contributed by atoms with E-state index in [0.717, 1.165) is 49.4 Å². The fourth-order valence-corrected chi connectivity index (χ4v) is 3.01. The highest BCUT2D eigenvalue weighted by Gasteiger charge is 2.25. The van der Waals surface area contributed by atoms with E-state index in [1.807, 2.05) is 0 Å². The van der Waals surface area contributed by atoms with E-state index in [4.69, 9.17) is 4.42 Å². The first kappa shape index (κ1) is 15.6. The smallest absolute Gasteiger partial charge is 0.118 e. The second-order valence-electron chi connectivity index (χ2n) is 6.50. The van der Waals surface area contributed by atoms with Crippen LogP contribution in [0.15, 0.2) is 10.5 Å². The summed E-state index contributed by atoms with van der Waals surface area (Å²) in [7, 11) is 0. The van der Waals surface area contributed by atoms with E-state index in [9.17, 15) is 0 Å². The molecule has 0 radical (unpaired) electrons. The van der Waals surface area contributed by atoms with Crippen LogP contribution in [0.4, 0.5) is 0 Å². The molecule has 2 heterocycles. The van der Waals surface area contributed by atoms with E-state index >= 15 is 0 Å². The van der Waals surface area contributed by atoms with Crippen LogP contribution in [0.5, 0.6) is 0 Å². The van der Waals surface area contributed by atoms with Crippen LogP contribution >= 0.6 is 0 Å². The molecule has 20 heavy (non-hydrogen) atoms. The van der Waals surface area contributed by atoms with Crippen molar-refractivity contribution in [1.29, 1.82) is 0 Å². The van der Waals surface area contributed by atoms with Crippen LogP contribution < -0.4 is 5.32 Å². The number of furan rings is 1. The molecule has 1 saturated heterocycles. The molecule has 1 aliphatic heterocycles. The van der Waals surface area contributed by atoms with Crippen molar-refractivity contribution in [3.8, 4) is 0 Å². The molecule has 0 aliphatic carbocycles. The van der Waals surface area contributed by atoms with Gasteiger partial charge in [-0.05, 0) is 50.8 Å². The second-order valence-corrected chi connectivity index (χ2v) is 6.50. The molecule has 0 saturated carbocycles. The second kappa shape index (κ2) is 7.28. The van der Waals surface area contributed by atoms with E-state index in [1.165, 1.54) is 25.1 Å². The molecule has 3 heteroatoms. The molecule has 1 aromatic rings. The van der Waals surface area contributed by atoms with Crippen molar-refractivity contribution in [2.24, 2.45) is 11.8 Å². The molecule has 1 aromatic heterocycles. The summed E-state index contributed by atoms with van der Waals surface area (Å²) in [6.45, 7) is 14.4. The summed E-state index contributed by atoms with van der Waals surface area (Å²) in [5.74, 6) is 3.84. The molecule has 1 fully saturated rings. The minimum atomic E-state index is 0.805. The highest BCUT2D eigenvalue weighted by molar-refractivity contribution is 5.21. The quantitative estimate of drug-likeness (QED) is 0.773. The highest BCUT2D eigenvalue weighted by atomic mass is 16.3. The maximum atomic E-state index is 5.86. The molecule has 1 aliphatic rings. The number of rotatable bonds is 7. The Morgan fingerprint density at radius 2 is 2.25 bits per heavy atom. The van der Waals surface area contributed by atoms with Crippen LogP contribution in [-0.4, -0.2) is 24.5 Å². The zero-order valence-electron chi connectivity index (χ0n) is 13.5. The highest BCUT2D eigenvalue weighted by Crippen LogP contribution is 2.26. The van der Waals surface area contributed by atoms with Gasteiger partial charge in [-0.2, -0.15) is 0 Å². The van der Waals surface area contributed by atoms with Crippen molar-refractivity contribution in [2.45, 2.75) is 53.6 Å². The van der Waals surface area contributed by atoms with E-state index in [0.29, 0.717) is 0 Å². The molecule has 0 amide bonds. The van der Waals surface area contributed by atoms with Crippen molar-refractivity contribution in [1.82, 2.24) is 10.2 Å². The SMILES string of the molecule is CCCNCc1cc(CN2CCC(C(C)C)C2)c(C)o1. The summed E-state index contributed by atoms with van der Waals surface area (Å²) >= 11 is 0. The maximum absolute atomic E-state index is 5.86. The van der Waals surface area contributed by atoms with Crippen LogP contribution in [0.25, 0.3) is 0 Å². The zero-order chi connectivity index (χ0) is 14.5. The molecule has 2 rings (SSSR count). The average Bonchev–Trinajstić information content (AvgIpc) is 2.98. The van der Waals surface area contributed by atoms with Gasteiger partial charge in [-0.1, -0.05) is 20.8 Å². The summed E-state index contributed by atoms with van der Waals surface area (Å²) in [4.78, 5) is 2.58. The number of aryl methyl sites for hydroxylation is 1. The minimum Gasteiger partial charge on any atom is -0.465 e. The fourth-order valence-electron chi connectivity index (χ4n) is 3.01. The predicted molar refractivity (Wildman–Crippen MR) is 83.7 cm³/mol. The Morgan fingerprint density at radius 3 is 2.90 bits per heavy atom. The Balaban J connectivity index is 1.87. The number of nitrogens with one attached hydrogen (secondary N) is 1. The van der Waals surface area contributed by atoms with Crippen LogP contribution in [0, 0.1) is 18.8 Å². The largest absolute Gasteiger partial charge is 0.465 e. The number of hydrogen-bond acceptors (Lipinski definition) is 3. The van der Waals surface area contributed by atoms with Crippen LogP contribution in [0.3, 0.4) is 0 Å². The van der Waals surface area contributed by atoms with Gasteiger partial charge in [0.25, 0.3) is 0 Å². The van der Waals surface area contributed by atoms with E-state index in [1.54, 1.807) is 0 Å². The van der Waals surface area contributed by atoms with Gasteiger partial charge in [0, 0.05) is 18.7 Å². The number of likely N-dealkylation sites (tertiary alicyclic amines) is 1. The first-order valence-electron chi connectivity index (χ1n) is 8.11. The summed E-state index contributed by atoms with van der Waals surface area (Å²) in [5.41, 5.74) is 1.36. The van der Waals surface area contributed by atoms with Gasteiger partial charge in [0.1, 0.15) is 11.5 Å². The van der Waals surface area contributed by atoms with Crippen molar-refractivity contribution >= 4 is 0 Å². The third kappa shape index (κ3) is 4.10. The van der Waals surface area contributed by atoms with Gasteiger partial charge in [0.2, 0.25) is 0 Å². The van der Waals surface area contributed by atoms with Crippen molar-refractivity contribution < 1.29 is 4.42 Å². The maximum Gasteiger partial charge on any atom is 0.118 e. The molecule has 3 nitrogen and oxygen atoms in total. The first-order valence-corrected chi connectivity index (χ1v) is 8.11. The third-order valence-corrected chi connectivity index (χ3v) is 4.44. The molecule has 0 bridgehead atoms. The zero-order valence-corrected chi connectivity index (χ0v) is 13.5. The first-order chi connectivity index (χ1) is 9.60. The average molecular weight is 278 g/mol. The lowest BCUT2D eigenvalue weighted by atomic mass is 9.95. The lowest BCUT2D eigenvalue weighted by molar-refractivity contribution is 0.295.